The van der Waals surface area contributed by atoms with E-state index < -0.39 is 96.7 Å². The average molecular weight is 953 g/mol. The summed E-state index contributed by atoms with van der Waals surface area (Å²) in [7, 11) is 0. The number of aromatic hydroxyl groups is 1. The SMILES string of the molecule is CC(C)CC(N)C(=O)OCC(N)C(=O)O.NC(CCC(=O)O)C(=O)O.NC(CO)C(=O)O.NC(Cc1ccc(O)cc1)C(=O)O.NC(Cc1cnc[nH]1)C(=O)O.NCCCCC(N)C(=O)O. The van der Waals surface area contributed by atoms with Crippen molar-refractivity contribution in [1.82, 2.24) is 9.97 Å². The molecule has 2 rings (SSSR count). The maximum absolute atomic E-state index is 11.2. The minimum Gasteiger partial charge on any atom is -0.508 e. The molecule has 1 aromatic carbocycles. The van der Waals surface area contributed by atoms with E-state index in [1.807, 2.05) is 13.8 Å². The first-order chi connectivity index (χ1) is 30.5. The molecule has 0 aliphatic heterocycles. The van der Waals surface area contributed by atoms with E-state index in [9.17, 15) is 38.4 Å². The number of nitrogens with two attached hydrogens (primary N) is 8. The Morgan fingerprint density at radius 3 is 1.44 bits per heavy atom. The van der Waals surface area contributed by atoms with Crippen LogP contribution in [0, 0.1) is 5.92 Å². The number of aromatic nitrogens is 2. The summed E-state index contributed by atoms with van der Waals surface area (Å²) in [6.45, 7) is 3.61. The molecule has 0 aliphatic carbocycles. The number of nitrogens with one attached hydrogen (secondary N) is 1. The molecule has 26 N–H and O–H groups in total. The lowest BCUT2D eigenvalue weighted by Crippen LogP contribution is -2.40. The van der Waals surface area contributed by atoms with Crippen molar-refractivity contribution in [2.75, 3.05) is 19.8 Å². The second-order valence-electron chi connectivity index (χ2n) is 14.1. The number of aliphatic hydroxyl groups excluding tert-OH is 1. The fourth-order valence-electron chi connectivity index (χ4n) is 3.76. The van der Waals surface area contributed by atoms with Crippen LogP contribution in [0.15, 0.2) is 36.8 Å². The van der Waals surface area contributed by atoms with Gasteiger partial charge in [-0.1, -0.05) is 32.4 Å². The van der Waals surface area contributed by atoms with Gasteiger partial charge in [-0.3, -0.25) is 38.4 Å². The predicted molar refractivity (Wildman–Crippen MR) is 233 cm³/mol. The van der Waals surface area contributed by atoms with Gasteiger partial charge in [-0.15, -0.1) is 0 Å². The lowest BCUT2D eigenvalue weighted by molar-refractivity contribution is -0.150. The maximum atomic E-state index is 11.2. The van der Waals surface area contributed by atoms with Crippen LogP contribution in [0.4, 0.5) is 0 Å². The number of nitrogens with zero attached hydrogens (tertiary/aromatic N) is 1. The summed E-state index contributed by atoms with van der Waals surface area (Å²) in [5, 5.41) is 74.8. The average Bonchev–Trinajstić information content (AvgIpc) is 3.76. The second kappa shape index (κ2) is 39.0. The molecule has 66 heavy (non-hydrogen) atoms. The molecule has 2 aromatic rings. The van der Waals surface area contributed by atoms with Gasteiger partial charge in [0.05, 0.1) is 12.9 Å². The minimum absolute atomic E-state index is 0.0231. The van der Waals surface area contributed by atoms with E-state index >= 15 is 0 Å². The zero-order valence-corrected chi connectivity index (χ0v) is 36.6. The van der Waals surface area contributed by atoms with Crippen LogP contribution in [0.25, 0.3) is 0 Å². The highest BCUT2D eigenvalue weighted by Crippen LogP contribution is 2.11. The first-order valence-electron chi connectivity index (χ1n) is 19.6. The Morgan fingerprint density at radius 1 is 0.621 bits per heavy atom. The van der Waals surface area contributed by atoms with Crippen molar-refractivity contribution in [2.45, 2.75) is 108 Å². The number of hydrogen-bond donors (Lipinski definition) is 18. The lowest BCUT2D eigenvalue weighted by Gasteiger charge is -2.14. The Hall–Kier alpha value is -6.37. The summed E-state index contributed by atoms with van der Waals surface area (Å²) in [6.07, 6.45) is 6.05. The van der Waals surface area contributed by atoms with E-state index in [1.165, 1.54) is 18.5 Å². The largest absolute Gasteiger partial charge is 0.508 e. The number of imidazole rings is 1. The zero-order chi connectivity index (χ0) is 52.1. The normalized spacial score (nSPS) is 13.2. The number of phenolic OH excluding ortho intramolecular Hbond substituents is 1. The van der Waals surface area contributed by atoms with Crippen molar-refractivity contribution >= 4 is 47.8 Å². The number of ether oxygens (including phenoxy) is 1. The standard InChI is InChI=1S/C9H18N2O4.C9H11NO3.C6H9N3O2.C6H14N2O2.C5H9NO4.C3H7NO3/c1-5(2)3-6(10)9(14)15-4-7(11)8(12)13;10-8(9(12)13)5-6-1-3-7(11)4-2-6;7-5(6(10)11)1-4-2-8-3-9-4;7-4-2-1-3-5(8)6(9)10;6-3(5(9)10)1-2-4(7)8;4-2(1-5)3(6)7/h5-7H,3-4,10-11H2,1-2H3,(H,12,13);1-4,8,11H,5,10H2,(H,12,13);2-3,5H,1,7H2,(H,8,9)(H,10,11);5H,1-4,7-8H2,(H,9,10);3H,1-2,6H2,(H,7,8)(H,9,10);2,5H,1,4H2,(H,6,7). The summed E-state index contributed by atoms with van der Waals surface area (Å²) >= 11 is 0. The van der Waals surface area contributed by atoms with E-state index in [-0.39, 0.29) is 44.0 Å². The van der Waals surface area contributed by atoms with E-state index in [0.717, 1.165) is 24.1 Å². The first kappa shape index (κ1) is 66.2. The van der Waals surface area contributed by atoms with Gasteiger partial charge in [-0.2, -0.15) is 0 Å². The van der Waals surface area contributed by atoms with Gasteiger partial charge >= 0.3 is 47.8 Å². The fourth-order valence-corrected chi connectivity index (χ4v) is 3.76. The maximum Gasteiger partial charge on any atom is 0.324 e. The van der Waals surface area contributed by atoms with E-state index in [4.69, 9.17) is 91.8 Å². The van der Waals surface area contributed by atoms with E-state index in [0.29, 0.717) is 19.4 Å². The molecule has 1 heterocycles. The molecule has 7 unspecified atom stereocenters. The van der Waals surface area contributed by atoms with Crippen LogP contribution < -0.4 is 45.9 Å². The van der Waals surface area contributed by atoms with E-state index in [2.05, 4.69) is 14.7 Å². The highest BCUT2D eigenvalue weighted by atomic mass is 16.5. The molecule has 0 saturated heterocycles. The molecule has 28 heteroatoms. The van der Waals surface area contributed by atoms with Crippen LogP contribution in [0.3, 0.4) is 0 Å². The van der Waals surface area contributed by atoms with Gasteiger partial charge in [0.1, 0.15) is 54.6 Å². The number of H-pyrrole nitrogens is 1. The topological polar surface area (TPSA) is 565 Å². The number of esters is 1. The number of carboxylic acids is 7. The molecule has 0 radical (unpaired) electrons. The highest BCUT2D eigenvalue weighted by molar-refractivity contribution is 5.77. The lowest BCUT2D eigenvalue weighted by atomic mass is 10.1. The quantitative estimate of drug-likeness (QED) is 0.0375. The molecular weight excluding hydrogens is 884 g/mol. The van der Waals surface area contributed by atoms with Crippen LogP contribution in [-0.4, -0.2) is 166 Å². The van der Waals surface area contributed by atoms with Crippen molar-refractivity contribution in [3.05, 3.63) is 48.0 Å². The molecule has 378 valence electrons. The minimum atomic E-state index is -1.21. The van der Waals surface area contributed by atoms with Crippen molar-refractivity contribution in [2.24, 2.45) is 51.8 Å². The Morgan fingerprint density at radius 2 is 1.08 bits per heavy atom. The molecule has 0 spiro atoms. The summed E-state index contributed by atoms with van der Waals surface area (Å²) in [4.78, 5) is 88.3. The number of aromatic amines is 1. The Labute approximate surface area is 379 Å². The third-order valence-corrected chi connectivity index (χ3v) is 7.56. The number of carbonyl (C=O) groups excluding carboxylic acids is 1. The van der Waals surface area contributed by atoms with Gasteiger partial charge in [0, 0.05) is 24.7 Å². The number of rotatable bonds is 23. The van der Waals surface area contributed by atoms with Gasteiger partial charge in [-0.05, 0) is 62.3 Å². The highest BCUT2D eigenvalue weighted by Gasteiger charge is 2.20. The number of aliphatic hydroxyl groups is 1. The molecule has 0 bridgehead atoms. The monoisotopic (exact) mass is 952 g/mol. The van der Waals surface area contributed by atoms with Crippen molar-refractivity contribution in [3.8, 4) is 5.75 Å². The molecule has 28 nitrogen and oxygen atoms in total. The smallest absolute Gasteiger partial charge is 0.324 e. The van der Waals surface area contributed by atoms with Gasteiger partial charge < -0.3 is 102 Å². The van der Waals surface area contributed by atoms with Crippen LogP contribution in [0.2, 0.25) is 0 Å². The summed E-state index contributed by atoms with van der Waals surface area (Å²) in [6, 6.07) is -0.238. The molecule has 0 saturated carbocycles. The van der Waals surface area contributed by atoms with Gasteiger partial charge in [0.2, 0.25) is 0 Å². The van der Waals surface area contributed by atoms with Crippen LogP contribution in [0.5, 0.6) is 5.75 Å². The molecule has 7 atom stereocenters. The number of carboxylic acid groups (broad SMARTS) is 7. The number of hydrogen-bond acceptors (Lipinski definition) is 20. The fraction of sp³-hybridized carbons (Fsp3) is 0.553. The Kier molecular flexibility index (Phi) is 39.2. The molecule has 1 aromatic heterocycles. The molecule has 0 aliphatic rings. The van der Waals surface area contributed by atoms with Crippen LogP contribution in [-0.2, 0) is 55.9 Å². The number of benzene rings is 1. The van der Waals surface area contributed by atoms with Crippen LogP contribution >= 0.6 is 0 Å². The van der Waals surface area contributed by atoms with E-state index in [1.54, 1.807) is 18.3 Å². The first-order valence-corrected chi connectivity index (χ1v) is 19.6. The number of phenols is 1. The van der Waals surface area contributed by atoms with Crippen molar-refractivity contribution in [3.63, 3.8) is 0 Å². The number of aliphatic carboxylic acids is 7. The van der Waals surface area contributed by atoms with Gasteiger partial charge in [-0.25, -0.2) is 4.98 Å². The zero-order valence-electron chi connectivity index (χ0n) is 36.6. The van der Waals surface area contributed by atoms with Crippen LogP contribution in [0.1, 0.15) is 63.6 Å². The predicted octanol–water partition coefficient (Wildman–Crippen LogP) is -3.79. The number of unbranched alkanes of at least 4 members (excludes halogenated alkanes) is 1. The summed E-state index contributed by atoms with van der Waals surface area (Å²) in [5.74, 6) is -7.71. The molecule has 0 amide bonds. The number of carbonyl (C=O) groups is 8. The molecular formula is C38H68N10O18. The van der Waals surface area contributed by atoms with Gasteiger partial charge in [0.15, 0.2) is 0 Å². The third-order valence-electron chi connectivity index (χ3n) is 7.56. The summed E-state index contributed by atoms with van der Waals surface area (Å²) < 4.78 is 4.66. The second-order valence-corrected chi connectivity index (χ2v) is 14.1. The van der Waals surface area contributed by atoms with Crippen molar-refractivity contribution in [1.29, 1.82) is 0 Å². The summed E-state index contributed by atoms with van der Waals surface area (Å²) in [5.41, 5.74) is 43.0. The Balaban J connectivity index is -0.000000354. The molecule has 0 fully saturated rings. The van der Waals surface area contributed by atoms with Crippen molar-refractivity contribution < 1.29 is 89.1 Å². The third kappa shape index (κ3) is 40.4. The Bertz CT molecular complexity index is 1690. The van der Waals surface area contributed by atoms with Gasteiger partial charge in [0.25, 0.3) is 0 Å².